The van der Waals surface area contributed by atoms with E-state index in [2.05, 4.69) is 11.9 Å². The average Bonchev–Trinajstić information content (AvgIpc) is 2.26. The number of rotatable bonds is 4. The molecular weight excluding hydrogens is 190 g/mol. The van der Waals surface area contributed by atoms with Crippen LogP contribution in [-0.4, -0.2) is 11.7 Å². The Hall–Kier alpha value is -1.90. The molecule has 3 heteroatoms. The summed E-state index contributed by atoms with van der Waals surface area (Å²) in [6.07, 6.45) is 1.20. The molecular formula is C12H13NO2. The minimum atomic E-state index is -0.242. The van der Waals surface area contributed by atoms with Crippen molar-refractivity contribution in [2.45, 2.75) is 13.5 Å². The third kappa shape index (κ3) is 3.06. The normalized spacial score (nSPS) is 9.40. The lowest BCUT2D eigenvalue weighted by molar-refractivity contribution is -0.116. The summed E-state index contributed by atoms with van der Waals surface area (Å²) in [6, 6.07) is 7.20. The van der Waals surface area contributed by atoms with Crippen LogP contribution in [0.3, 0.4) is 0 Å². The topological polar surface area (TPSA) is 46.2 Å². The van der Waals surface area contributed by atoms with Crippen LogP contribution in [0.5, 0.6) is 0 Å². The second kappa shape index (κ2) is 5.10. The number of nitrogens with one attached hydrogen (secondary N) is 1. The molecule has 3 nitrogen and oxygen atoms in total. The third-order valence-corrected chi connectivity index (χ3v) is 2.04. The van der Waals surface area contributed by atoms with Crippen LogP contribution in [-0.2, 0) is 11.3 Å². The fourth-order valence-corrected chi connectivity index (χ4v) is 1.27. The Kier molecular flexibility index (Phi) is 3.80. The molecule has 0 radical (unpaired) electrons. The van der Waals surface area contributed by atoms with Crippen LogP contribution in [0.15, 0.2) is 36.9 Å². The summed E-state index contributed by atoms with van der Waals surface area (Å²) in [6.45, 7) is 5.21. The molecule has 0 aliphatic heterocycles. The molecule has 0 spiro atoms. The zero-order valence-electron chi connectivity index (χ0n) is 8.62. The molecule has 0 saturated carbocycles. The maximum Gasteiger partial charge on any atom is 0.243 e. The summed E-state index contributed by atoms with van der Waals surface area (Å²) in [5, 5.41) is 2.63. The van der Waals surface area contributed by atoms with Crippen LogP contribution in [0.25, 0.3) is 0 Å². The Morgan fingerprint density at radius 3 is 2.67 bits per heavy atom. The first-order valence-electron chi connectivity index (χ1n) is 4.64. The molecule has 1 aromatic carbocycles. The molecule has 0 unspecified atom stereocenters. The first-order chi connectivity index (χ1) is 7.15. The van der Waals surface area contributed by atoms with Crippen molar-refractivity contribution in [2.75, 3.05) is 0 Å². The highest BCUT2D eigenvalue weighted by Gasteiger charge is 2.05. The number of ketones is 1. The zero-order valence-corrected chi connectivity index (χ0v) is 8.62. The predicted octanol–water partition coefficient (Wildman–Crippen LogP) is 1.69. The van der Waals surface area contributed by atoms with Crippen molar-refractivity contribution in [3.8, 4) is 0 Å². The molecule has 0 saturated heterocycles. The Bertz CT molecular complexity index is 396. The lowest BCUT2D eigenvalue weighted by Crippen LogP contribution is -2.21. The van der Waals surface area contributed by atoms with Gasteiger partial charge in [0.1, 0.15) is 0 Å². The second-order valence-electron chi connectivity index (χ2n) is 3.14. The lowest BCUT2D eigenvalue weighted by atomic mass is 10.0. The van der Waals surface area contributed by atoms with Crippen LogP contribution in [0.1, 0.15) is 22.8 Å². The summed E-state index contributed by atoms with van der Waals surface area (Å²) >= 11 is 0. The smallest absolute Gasteiger partial charge is 0.243 e. The van der Waals surface area contributed by atoms with E-state index in [9.17, 15) is 9.59 Å². The number of benzene rings is 1. The number of hydrogen-bond donors (Lipinski definition) is 1. The molecule has 0 aliphatic rings. The highest BCUT2D eigenvalue weighted by Crippen LogP contribution is 2.08. The quantitative estimate of drug-likeness (QED) is 0.598. The molecule has 15 heavy (non-hydrogen) atoms. The molecule has 1 rings (SSSR count). The number of carbonyl (C=O) groups excluding carboxylic acids is 2. The summed E-state index contributed by atoms with van der Waals surface area (Å²) in [5.41, 5.74) is 1.46. The van der Waals surface area contributed by atoms with Crippen molar-refractivity contribution < 1.29 is 9.59 Å². The predicted molar refractivity (Wildman–Crippen MR) is 58.5 cm³/mol. The van der Waals surface area contributed by atoms with Crippen LogP contribution in [0, 0.1) is 0 Å². The number of amides is 1. The Morgan fingerprint density at radius 2 is 2.07 bits per heavy atom. The molecule has 0 heterocycles. The van der Waals surface area contributed by atoms with Crippen LogP contribution < -0.4 is 5.32 Å². The number of Topliss-reactive ketones (excluding diaryl/α,β-unsaturated/α-hetero) is 1. The van der Waals surface area contributed by atoms with E-state index in [1.165, 1.54) is 13.0 Å². The Labute approximate surface area is 88.8 Å². The fraction of sp³-hybridized carbons (Fsp3) is 0.167. The van der Waals surface area contributed by atoms with Crippen LogP contribution >= 0.6 is 0 Å². The maximum absolute atomic E-state index is 11.2. The van der Waals surface area contributed by atoms with Crippen LogP contribution in [0.4, 0.5) is 0 Å². The van der Waals surface area contributed by atoms with Gasteiger partial charge in [0.2, 0.25) is 5.91 Å². The summed E-state index contributed by atoms with van der Waals surface area (Å²) < 4.78 is 0. The van der Waals surface area contributed by atoms with Gasteiger partial charge in [-0.1, -0.05) is 30.8 Å². The summed E-state index contributed by atoms with van der Waals surface area (Å²) in [7, 11) is 0. The van der Waals surface area contributed by atoms with Crippen molar-refractivity contribution in [1.82, 2.24) is 5.32 Å². The van der Waals surface area contributed by atoms with Crippen molar-refractivity contribution in [2.24, 2.45) is 0 Å². The highest BCUT2D eigenvalue weighted by atomic mass is 16.1. The maximum atomic E-state index is 11.2. The van der Waals surface area contributed by atoms with Crippen molar-refractivity contribution in [3.05, 3.63) is 48.0 Å². The van der Waals surface area contributed by atoms with E-state index in [1.807, 2.05) is 12.1 Å². The van der Waals surface area contributed by atoms with Gasteiger partial charge in [0.05, 0.1) is 0 Å². The van der Waals surface area contributed by atoms with Gasteiger partial charge in [-0.15, -0.1) is 0 Å². The van der Waals surface area contributed by atoms with Gasteiger partial charge in [0, 0.05) is 12.1 Å². The molecule has 1 N–H and O–H groups in total. The van der Waals surface area contributed by atoms with Crippen molar-refractivity contribution >= 4 is 11.7 Å². The molecule has 1 amide bonds. The van der Waals surface area contributed by atoms with Gasteiger partial charge in [-0.25, -0.2) is 0 Å². The monoisotopic (exact) mass is 203 g/mol. The van der Waals surface area contributed by atoms with Gasteiger partial charge in [-0.2, -0.15) is 0 Å². The van der Waals surface area contributed by atoms with Gasteiger partial charge in [0.25, 0.3) is 0 Å². The van der Waals surface area contributed by atoms with Gasteiger partial charge in [-0.05, 0) is 18.6 Å². The molecule has 0 aromatic heterocycles. The van der Waals surface area contributed by atoms with E-state index in [0.717, 1.165) is 5.56 Å². The molecule has 1 aromatic rings. The molecule has 0 atom stereocenters. The van der Waals surface area contributed by atoms with E-state index >= 15 is 0 Å². The highest BCUT2D eigenvalue weighted by molar-refractivity contribution is 5.95. The number of hydrogen-bond acceptors (Lipinski definition) is 2. The van der Waals surface area contributed by atoms with E-state index < -0.39 is 0 Å². The SMILES string of the molecule is C=CC(=O)NCc1ccccc1C(C)=O. The molecule has 0 fully saturated rings. The van der Waals surface area contributed by atoms with Gasteiger partial charge in [-0.3, -0.25) is 9.59 Å². The van der Waals surface area contributed by atoms with Gasteiger partial charge in [0.15, 0.2) is 5.78 Å². The van der Waals surface area contributed by atoms with Gasteiger partial charge < -0.3 is 5.32 Å². The van der Waals surface area contributed by atoms with E-state index in [0.29, 0.717) is 12.1 Å². The minimum absolute atomic E-state index is 0.00143. The first kappa shape index (κ1) is 11.2. The number of carbonyl (C=O) groups is 2. The first-order valence-corrected chi connectivity index (χ1v) is 4.64. The largest absolute Gasteiger partial charge is 0.348 e. The second-order valence-corrected chi connectivity index (χ2v) is 3.14. The zero-order chi connectivity index (χ0) is 11.3. The Balaban J connectivity index is 2.80. The average molecular weight is 203 g/mol. The Morgan fingerprint density at radius 1 is 1.40 bits per heavy atom. The van der Waals surface area contributed by atoms with E-state index in [4.69, 9.17) is 0 Å². The minimum Gasteiger partial charge on any atom is -0.348 e. The molecule has 0 bridgehead atoms. The van der Waals surface area contributed by atoms with E-state index in [1.54, 1.807) is 12.1 Å². The molecule has 0 aliphatic carbocycles. The molecule has 78 valence electrons. The van der Waals surface area contributed by atoms with Crippen molar-refractivity contribution in [1.29, 1.82) is 0 Å². The van der Waals surface area contributed by atoms with E-state index in [-0.39, 0.29) is 11.7 Å². The van der Waals surface area contributed by atoms with Crippen LogP contribution in [0.2, 0.25) is 0 Å². The summed E-state index contributed by atoms with van der Waals surface area (Å²) in [4.78, 5) is 22.2. The summed E-state index contributed by atoms with van der Waals surface area (Å²) in [5.74, 6) is -0.244. The lowest BCUT2D eigenvalue weighted by Gasteiger charge is -2.06. The third-order valence-electron chi connectivity index (χ3n) is 2.04. The van der Waals surface area contributed by atoms with Gasteiger partial charge >= 0.3 is 0 Å². The fourth-order valence-electron chi connectivity index (χ4n) is 1.27. The standard InChI is InChI=1S/C12H13NO2/c1-3-12(15)13-8-10-6-4-5-7-11(10)9(2)14/h3-7H,1,8H2,2H3,(H,13,15). The van der Waals surface area contributed by atoms with Crippen molar-refractivity contribution in [3.63, 3.8) is 0 Å².